The molecule has 2 heterocycles. The maximum atomic E-state index is 11.8. The summed E-state index contributed by atoms with van der Waals surface area (Å²) in [6.45, 7) is 1.38. The Kier molecular flexibility index (Phi) is 5.59. The summed E-state index contributed by atoms with van der Waals surface area (Å²) in [5.41, 5.74) is 4.20. The minimum Gasteiger partial charge on any atom is -0.465 e. The van der Waals surface area contributed by atoms with Gasteiger partial charge in [-0.05, 0) is 42.7 Å². The molecule has 4 rings (SSSR count). The van der Waals surface area contributed by atoms with E-state index < -0.39 is 10.0 Å². The highest BCUT2D eigenvalue weighted by Crippen LogP contribution is 2.32. The molecule has 3 aromatic rings. The van der Waals surface area contributed by atoms with Crippen LogP contribution in [0.25, 0.3) is 10.6 Å². The van der Waals surface area contributed by atoms with Crippen LogP contribution in [0.3, 0.4) is 0 Å². The minimum absolute atomic E-state index is 0.117. The predicted molar refractivity (Wildman–Crippen MR) is 116 cm³/mol. The molecular weight excluding hydrogens is 422 g/mol. The van der Waals surface area contributed by atoms with Crippen LogP contribution in [0.4, 0.5) is 5.69 Å². The Morgan fingerprint density at radius 2 is 2.10 bits per heavy atom. The van der Waals surface area contributed by atoms with Gasteiger partial charge in [0.2, 0.25) is 10.0 Å². The Bertz CT molecular complexity index is 1200. The molecule has 0 fully saturated rings. The molecule has 0 unspecified atom stereocenters. The van der Waals surface area contributed by atoms with Crippen molar-refractivity contribution in [3.05, 3.63) is 64.7 Å². The third-order valence-electron chi connectivity index (χ3n) is 5.04. The van der Waals surface area contributed by atoms with Crippen LogP contribution < -0.4 is 10.0 Å². The highest BCUT2D eigenvalue weighted by molar-refractivity contribution is 7.89. The Hall–Kier alpha value is -2.75. The fraction of sp³-hybridized carbons (Fsp3) is 0.238. The minimum atomic E-state index is -3.76. The van der Waals surface area contributed by atoms with Crippen molar-refractivity contribution < 1.29 is 17.9 Å². The van der Waals surface area contributed by atoms with Crippen molar-refractivity contribution in [2.75, 3.05) is 18.6 Å². The van der Waals surface area contributed by atoms with E-state index in [1.54, 1.807) is 30.3 Å². The standard InChI is InChI=1S/C21H21N3O4S2/c1-28-21(25)16-5-2-4-15(10-16)20-23-17(13-29-20)12-24-9-3-6-14-7-8-18(11-19(14)24)30(22,26)27/h2,4-5,7-8,10-11,13H,3,6,9,12H2,1H3,(H2,22,26,27). The molecule has 2 N–H and O–H groups in total. The number of hydrogen-bond donors (Lipinski definition) is 1. The lowest BCUT2D eigenvalue weighted by molar-refractivity contribution is 0.0601. The van der Waals surface area contributed by atoms with Gasteiger partial charge in [-0.15, -0.1) is 11.3 Å². The number of nitrogens with zero attached hydrogens (tertiary/aromatic N) is 2. The van der Waals surface area contributed by atoms with Crippen molar-refractivity contribution in [1.29, 1.82) is 0 Å². The number of benzene rings is 2. The summed E-state index contributed by atoms with van der Waals surface area (Å²) >= 11 is 1.50. The number of sulfonamides is 1. The number of nitrogens with two attached hydrogens (primary N) is 1. The van der Waals surface area contributed by atoms with E-state index in [2.05, 4.69) is 4.90 Å². The number of aryl methyl sites for hydroxylation is 1. The SMILES string of the molecule is COC(=O)c1cccc(-c2nc(CN3CCCc4ccc(S(N)(=O)=O)cc43)cs2)c1. The first-order valence-electron chi connectivity index (χ1n) is 9.39. The van der Waals surface area contributed by atoms with Crippen LogP contribution in [-0.2, 0) is 27.7 Å². The second kappa shape index (κ2) is 8.17. The summed E-state index contributed by atoms with van der Waals surface area (Å²) in [6, 6.07) is 12.2. The van der Waals surface area contributed by atoms with Crippen LogP contribution >= 0.6 is 11.3 Å². The van der Waals surface area contributed by atoms with Crippen LogP contribution in [-0.4, -0.2) is 33.0 Å². The molecule has 0 aliphatic carbocycles. The number of anilines is 1. The average molecular weight is 444 g/mol. The lowest BCUT2D eigenvalue weighted by atomic mass is 10.0. The van der Waals surface area contributed by atoms with Crippen molar-refractivity contribution in [3.8, 4) is 10.6 Å². The van der Waals surface area contributed by atoms with Gasteiger partial charge in [-0.2, -0.15) is 0 Å². The fourth-order valence-corrected chi connectivity index (χ4v) is 4.92. The molecule has 0 radical (unpaired) electrons. The molecule has 0 saturated carbocycles. The number of primary sulfonamides is 1. The lowest BCUT2D eigenvalue weighted by Gasteiger charge is -2.31. The zero-order valence-corrected chi connectivity index (χ0v) is 18.0. The van der Waals surface area contributed by atoms with Gasteiger partial charge in [0.05, 0.1) is 29.8 Å². The molecule has 30 heavy (non-hydrogen) atoms. The molecule has 0 amide bonds. The molecular formula is C21H21N3O4S2. The van der Waals surface area contributed by atoms with Crippen LogP contribution in [0.2, 0.25) is 0 Å². The van der Waals surface area contributed by atoms with Gasteiger partial charge in [-0.25, -0.2) is 23.3 Å². The van der Waals surface area contributed by atoms with Crippen LogP contribution in [0.1, 0.15) is 28.0 Å². The second-order valence-corrected chi connectivity index (χ2v) is 9.50. The van der Waals surface area contributed by atoms with E-state index in [0.29, 0.717) is 12.1 Å². The van der Waals surface area contributed by atoms with E-state index in [4.69, 9.17) is 14.9 Å². The van der Waals surface area contributed by atoms with E-state index in [1.165, 1.54) is 18.4 Å². The lowest BCUT2D eigenvalue weighted by Crippen LogP contribution is -2.29. The number of carbonyl (C=O) groups is 1. The molecule has 2 aromatic carbocycles. The largest absolute Gasteiger partial charge is 0.465 e. The Morgan fingerprint density at radius 3 is 2.87 bits per heavy atom. The molecule has 1 aromatic heterocycles. The number of hydrogen-bond acceptors (Lipinski definition) is 7. The number of aromatic nitrogens is 1. The van der Waals surface area contributed by atoms with Gasteiger partial charge in [0.25, 0.3) is 0 Å². The van der Waals surface area contributed by atoms with Crippen molar-refractivity contribution in [3.63, 3.8) is 0 Å². The summed E-state index contributed by atoms with van der Waals surface area (Å²) in [7, 11) is -2.40. The number of methoxy groups -OCH3 is 1. The van der Waals surface area contributed by atoms with Gasteiger partial charge in [-0.3, -0.25) is 0 Å². The number of fused-ring (bicyclic) bond motifs is 1. The first-order valence-corrected chi connectivity index (χ1v) is 11.8. The third-order valence-corrected chi connectivity index (χ3v) is 6.89. The molecule has 1 aliphatic heterocycles. The molecule has 0 spiro atoms. The summed E-state index contributed by atoms with van der Waals surface area (Å²) in [6.07, 6.45) is 1.89. The number of thiazole rings is 1. The van der Waals surface area contributed by atoms with E-state index in [0.717, 1.165) is 46.9 Å². The van der Waals surface area contributed by atoms with Gasteiger partial charge in [0, 0.05) is 23.2 Å². The molecule has 0 atom stereocenters. The Labute approximate surface area is 179 Å². The number of ether oxygens (including phenoxy) is 1. The highest BCUT2D eigenvalue weighted by atomic mass is 32.2. The van der Waals surface area contributed by atoms with Crippen molar-refractivity contribution >= 4 is 33.0 Å². The summed E-state index contributed by atoms with van der Waals surface area (Å²) in [4.78, 5) is 18.8. The van der Waals surface area contributed by atoms with Gasteiger partial charge in [0.1, 0.15) is 5.01 Å². The van der Waals surface area contributed by atoms with Crippen LogP contribution in [0.15, 0.2) is 52.7 Å². The molecule has 0 saturated heterocycles. The van der Waals surface area contributed by atoms with E-state index >= 15 is 0 Å². The topological polar surface area (TPSA) is 103 Å². The second-order valence-electron chi connectivity index (χ2n) is 7.08. The maximum absolute atomic E-state index is 11.8. The van der Waals surface area contributed by atoms with E-state index in [9.17, 15) is 13.2 Å². The highest BCUT2D eigenvalue weighted by Gasteiger charge is 2.21. The quantitative estimate of drug-likeness (QED) is 0.608. The molecule has 9 heteroatoms. The normalized spacial score (nSPS) is 13.7. The van der Waals surface area contributed by atoms with Crippen molar-refractivity contribution in [2.24, 2.45) is 5.14 Å². The Morgan fingerprint density at radius 1 is 1.27 bits per heavy atom. The third kappa shape index (κ3) is 4.23. The smallest absolute Gasteiger partial charge is 0.337 e. The fourth-order valence-electron chi connectivity index (χ4n) is 3.58. The number of rotatable bonds is 5. The summed E-state index contributed by atoms with van der Waals surface area (Å²) in [5.74, 6) is -0.385. The zero-order valence-electron chi connectivity index (χ0n) is 16.4. The zero-order chi connectivity index (χ0) is 21.3. The van der Waals surface area contributed by atoms with Crippen LogP contribution in [0.5, 0.6) is 0 Å². The molecule has 7 nitrogen and oxygen atoms in total. The summed E-state index contributed by atoms with van der Waals surface area (Å²) in [5, 5.41) is 8.10. The van der Waals surface area contributed by atoms with Crippen molar-refractivity contribution in [1.82, 2.24) is 4.98 Å². The van der Waals surface area contributed by atoms with Crippen molar-refractivity contribution in [2.45, 2.75) is 24.3 Å². The Balaban J connectivity index is 1.59. The number of esters is 1. The molecule has 1 aliphatic rings. The van der Waals surface area contributed by atoms with Gasteiger partial charge in [0.15, 0.2) is 0 Å². The molecule has 0 bridgehead atoms. The van der Waals surface area contributed by atoms with Gasteiger partial charge >= 0.3 is 5.97 Å². The average Bonchev–Trinajstić information content (AvgIpc) is 3.21. The van der Waals surface area contributed by atoms with Gasteiger partial charge in [-0.1, -0.05) is 18.2 Å². The first-order chi connectivity index (χ1) is 14.3. The van der Waals surface area contributed by atoms with Gasteiger partial charge < -0.3 is 9.64 Å². The molecule has 156 valence electrons. The predicted octanol–water partition coefficient (Wildman–Crippen LogP) is 3.20. The first kappa shape index (κ1) is 20.5. The maximum Gasteiger partial charge on any atom is 0.337 e. The van der Waals surface area contributed by atoms with E-state index in [1.807, 2.05) is 17.5 Å². The monoisotopic (exact) mass is 443 g/mol. The number of carbonyl (C=O) groups excluding carboxylic acids is 1. The summed E-state index contributed by atoms with van der Waals surface area (Å²) < 4.78 is 28.3. The van der Waals surface area contributed by atoms with Crippen LogP contribution in [0, 0.1) is 0 Å². The van der Waals surface area contributed by atoms with E-state index in [-0.39, 0.29) is 10.9 Å².